The van der Waals surface area contributed by atoms with E-state index in [1.54, 1.807) is 24.3 Å². The smallest absolute Gasteiger partial charge is 1.00 e. The molecule has 1 rings (SSSR count). The number of hydrogen-bond acceptors (Lipinski definition) is 4. The third kappa shape index (κ3) is 7.62. The normalized spacial score (nSPS) is 10.5. The van der Waals surface area contributed by atoms with E-state index in [1.807, 2.05) is 0 Å². The molecule has 0 radical (unpaired) electrons. The summed E-state index contributed by atoms with van der Waals surface area (Å²) >= 11 is 0. The topological polar surface area (TPSA) is 80.7 Å². The van der Waals surface area contributed by atoms with Crippen molar-refractivity contribution in [3.05, 3.63) is 29.8 Å². The number of ether oxygens (including phenoxy) is 1. The van der Waals surface area contributed by atoms with E-state index >= 15 is 0 Å². The van der Waals surface area contributed by atoms with Gasteiger partial charge in [-0.25, -0.2) is 0 Å². The molecular formula is C11H15KO5S. The number of aldehydes is 1. The predicted octanol–water partition coefficient (Wildman–Crippen LogP) is -1.34. The van der Waals surface area contributed by atoms with Crippen LogP contribution in [0.3, 0.4) is 0 Å². The van der Waals surface area contributed by atoms with Gasteiger partial charge in [-0.1, -0.05) is 12.1 Å². The molecule has 0 heterocycles. The monoisotopic (exact) mass is 298 g/mol. The van der Waals surface area contributed by atoms with Crippen LogP contribution in [0, 0.1) is 0 Å². The third-order valence-electron chi connectivity index (χ3n) is 2.10. The number of para-hydroxylation sites is 1. The van der Waals surface area contributed by atoms with Gasteiger partial charge in [-0.05, 0) is 25.0 Å². The molecule has 0 fully saturated rings. The molecule has 5 nitrogen and oxygen atoms in total. The van der Waals surface area contributed by atoms with Gasteiger partial charge in [0.05, 0.1) is 17.9 Å². The number of unbranched alkanes of at least 4 members (excludes halogenated alkanes) is 1. The molecule has 7 heteroatoms. The van der Waals surface area contributed by atoms with Crippen molar-refractivity contribution in [2.45, 2.75) is 12.8 Å². The van der Waals surface area contributed by atoms with E-state index < -0.39 is 10.1 Å². The Bertz CT molecular complexity index is 478. The number of carbonyl (C=O) groups is 1. The molecule has 18 heavy (non-hydrogen) atoms. The van der Waals surface area contributed by atoms with Crippen LogP contribution in [-0.4, -0.2) is 31.6 Å². The van der Waals surface area contributed by atoms with Crippen LogP contribution in [0.25, 0.3) is 0 Å². The average molecular weight is 298 g/mol. The van der Waals surface area contributed by atoms with Crippen molar-refractivity contribution in [3.63, 3.8) is 0 Å². The zero-order valence-corrected chi connectivity index (χ0v) is 14.1. The fraction of sp³-hybridized carbons (Fsp3) is 0.364. The van der Waals surface area contributed by atoms with Crippen molar-refractivity contribution in [1.29, 1.82) is 0 Å². The van der Waals surface area contributed by atoms with Crippen molar-refractivity contribution < 1.29 is 75.3 Å². The minimum atomic E-state index is -3.89. The fourth-order valence-corrected chi connectivity index (χ4v) is 1.85. The van der Waals surface area contributed by atoms with Crippen LogP contribution >= 0.6 is 0 Å². The van der Waals surface area contributed by atoms with E-state index in [4.69, 9.17) is 9.29 Å². The second-order valence-electron chi connectivity index (χ2n) is 3.50. The zero-order chi connectivity index (χ0) is 12.7. The van der Waals surface area contributed by atoms with Crippen molar-refractivity contribution in [3.8, 4) is 5.75 Å². The Morgan fingerprint density at radius 3 is 2.56 bits per heavy atom. The summed E-state index contributed by atoms with van der Waals surface area (Å²) in [6.45, 7) is 0.306. The molecule has 0 aliphatic carbocycles. The fourth-order valence-electron chi connectivity index (χ4n) is 1.28. The third-order valence-corrected chi connectivity index (χ3v) is 2.90. The molecule has 0 saturated carbocycles. The number of carbonyl (C=O) groups excluding carboxylic acids is 1. The summed E-state index contributed by atoms with van der Waals surface area (Å²) < 4.78 is 34.7. The number of hydrogen-bond donors (Lipinski definition) is 1. The average Bonchev–Trinajstić information content (AvgIpc) is 2.27. The summed E-state index contributed by atoms with van der Waals surface area (Å²) in [4.78, 5) is 10.7. The molecule has 0 bridgehead atoms. The molecule has 96 valence electrons. The van der Waals surface area contributed by atoms with Gasteiger partial charge in [0.15, 0.2) is 6.29 Å². The van der Waals surface area contributed by atoms with Crippen molar-refractivity contribution in [2.75, 3.05) is 12.4 Å². The van der Waals surface area contributed by atoms with Crippen LogP contribution < -0.4 is 56.1 Å². The molecule has 0 saturated heterocycles. The van der Waals surface area contributed by atoms with E-state index in [2.05, 4.69) is 0 Å². The molecule has 0 amide bonds. The van der Waals surface area contributed by atoms with Gasteiger partial charge in [0.1, 0.15) is 5.75 Å². The van der Waals surface area contributed by atoms with Crippen LogP contribution in [0.5, 0.6) is 5.75 Å². The Balaban J connectivity index is 0. The molecule has 0 spiro atoms. The maximum Gasteiger partial charge on any atom is 1.00 e. The quantitative estimate of drug-likeness (QED) is 0.292. The van der Waals surface area contributed by atoms with Gasteiger partial charge in [-0.15, -0.1) is 0 Å². The van der Waals surface area contributed by atoms with Gasteiger partial charge in [0, 0.05) is 0 Å². The van der Waals surface area contributed by atoms with Gasteiger partial charge < -0.3 is 6.16 Å². The number of rotatable bonds is 7. The molecule has 1 aromatic rings. The van der Waals surface area contributed by atoms with Crippen LogP contribution in [0.15, 0.2) is 24.3 Å². The molecule has 1 aromatic carbocycles. The second-order valence-corrected chi connectivity index (χ2v) is 5.07. The van der Waals surface area contributed by atoms with E-state index in [1.165, 1.54) is 0 Å². The van der Waals surface area contributed by atoms with E-state index in [0.717, 1.165) is 0 Å². The molecular weight excluding hydrogens is 283 g/mol. The zero-order valence-electron chi connectivity index (χ0n) is 11.2. The van der Waals surface area contributed by atoms with E-state index in [0.29, 0.717) is 37.0 Å². The Hall–Kier alpha value is 0.236. The van der Waals surface area contributed by atoms with E-state index in [-0.39, 0.29) is 58.6 Å². The van der Waals surface area contributed by atoms with Gasteiger partial charge in [-0.3, -0.25) is 9.35 Å². The molecule has 0 aliphatic rings. The SMILES string of the molecule is O=Cc1ccccc1OCCCCS(=O)(=O)O.[H-].[K+]. The van der Waals surface area contributed by atoms with Crippen LogP contribution in [0.4, 0.5) is 0 Å². The van der Waals surface area contributed by atoms with Crippen LogP contribution in [-0.2, 0) is 10.1 Å². The van der Waals surface area contributed by atoms with Crippen molar-refractivity contribution in [2.24, 2.45) is 0 Å². The summed E-state index contributed by atoms with van der Waals surface area (Å²) in [5, 5.41) is 0. The van der Waals surface area contributed by atoms with Gasteiger partial charge in [-0.2, -0.15) is 8.42 Å². The second kappa shape index (κ2) is 9.19. The molecule has 0 aromatic heterocycles. The van der Waals surface area contributed by atoms with Gasteiger partial charge >= 0.3 is 51.4 Å². The molecule has 1 N–H and O–H groups in total. The summed E-state index contributed by atoms with van der Waals surface area (Å²) in [5.74, 6) is 0.209. The first-order valence-corrected chi connectivity index (χ1v) is 6.76. The Labute approximate surface area is 151 Å². The standard InChI is InChI=1S/C11H14O5S.K.H/c12-9-10-5-1-2-6-11(10)16-7-3-4-8-17(13,14)15;;/h1-2,5-6,9H,3-4,7-8H2,(H,13,14,15);;/q;+1;-1. The van der Waals surface area contributed by atoms with Crippen LogP contribution in [0.2, 0.25) is 0 Å². The van der Waals surface area contributed by atoms with Crippen molar-refractivity contribution in [1.82, 2.24) is 0 Å². The minimum Gasteiger partial charge on any atom is -1.00 e. The number of benzene rings is 1. The van der Waals surface area contributed by atoms with Gasteiger partial charge in [0.25, 0.3) is 10.1 Å². The Morgan fingerprint density at radius 2 is 1.94 bits per heavy atom. The maximum atomic E-state index is 10.7. The van der Waals surface area contributed by atoms with Gasteiger partial charge in [0.2, 0.25) is 0 Å². The first kappa shape index (κ1) is 18.2. The summed E-state index contributed by atoms with van der Waals surface area (Å²) in [6, 6.07) is 6.79. The summed E-state index contributed by atoms with van der Waals surface area (Å²) in [5.41, 5.74) is 0.460. The molecule has 0 unspecified atom stereocenters. The largest absolute Gasteiger partial charge is 1.00 e. The maximum absolute atomic E-state index is 10.7. The summed E-state index contributed by atoms with van der Waals surface area (Å²) in [7, 11) is -3.89. The summed E-state index contributed by atoms with van der Waals surface area (Å²) in [6.07, 6.45) is 1.52. The minimum absolute atomic E-state index is 0. The van der Waals surface area contributed by atoms with Crippen LogP contribution in [0.1, 0.15) is 24.6 Å². The Morgan fingerprint density at radius 1 is 1.28 bits per heavy atom. The first-order chi connectivity index (χ1) is 8.03. The predicted molar refractivity (Wildman–Crippen MR) is 64.1 cm³/mol. The molecule has 0 aliphatic heterocycles. The first-order valence-electron chi connectivity index (χ1n) is 5.15. The molecule has 0 atom stereocenters. The van der Waals surface area contributed by atoms with E-state index in [9.17, 15) is 13.2 Å². The van der Waals surface area contributed by atoms with Crippen molar-refractivity contribution >= 4 is 16.4 Å². The Kier molecular flexibility index (Phi) is 9.31.